The number of carbonyl (C=O) groups is 1. The van der Waals surface area contributed by atoms with E-state index in [1.54, 1.807) is 6.08 Å². The fourth-order valence-corrected chi connectivity index (χ4v) is 7.01. The van der Waals surface area contributed by atoms with Crippen molar-refractivity contribution in [2.75, 3.05) is 6.61 Å². The lowest BCUT2D eigenvalue weighted by Crippen LogP contribution is -2.45. The smallest absolute Gasteiger partial charge is 0.220 e. The average Bonchev–Trinajstić information content (AvgIpc) is 3.15. The fourth-order valence-electron chi connectivity index (χ4n) is 7.01. The molecule has 0 spiro atoms. The first-order valence-electron chi connectivity index (χ1n) is 23.2. The molecule has 0 heterocycles. The molecule has 0 radical (unpaired) electrons. The molecular weight excluding hydrogens is 639 g/mol. The quantitative estimate of drug-likeness (QED) is 0.0433. The van der Waals surface area contributed by atoms with Gasteiger partial charge in [-0.05, 0) is 57.8 Å². The van der Waals surface area contributed by atoms with Crippen LogP contribution < -0.4 is 5.32 Å². The van der Waals surface area contributed by atoms with Crippen molar-refractivity contribution in [2.45, 2.75) is 257 Å². The molecule has 2 unspecified atom stereocenters. The highest BCUT2D eigenvalue weighted by Gasteiger charge is 2.17. The summed E-state index contributed by atoms with van der Waals surface area (Å²) >= 11 is 0. The van der Waals surface area contributed by atoms with Gasteiger partial charge < -0.3 is 15.5 Å². The van der Waals surface area contributed by atoms with Crippen LogP contribution in [0, 0.1) is 0 Å². The molecular formula is C48H91NO3. The Morgan fingerprint density at radius 2 is 0.750 bits per heavy atom. The molecule has 0 rings (SSSR count). The largest absolute Gasteiger partial charge is 0.394 e. The molecule has 0 saturated carbocycles. The van der Waals surface area contributed by atoms with Crippen molar-refractivity contribution in [3.63, 3.8) is 0 Å². The zero-order valence-corrected chi connectivity index (χ0v) is 35.1. The number of aliphatic hydroxyl groups excluding tert-OH is 2. The van der Waals surface area contributed by atoms with Gasteiger partial charge in [0.05, 0.1) is 18.8 Å². The Morgan fingerprint density at radius 1 is 0.442 bits per heavy atom. The van der Waals surface area contributed by atoms with Crippen molar-refractivity contribution in [1.29, 1.82) is 0 Å². The van der Waals surface area contributed by atoms with E-state index in [1.807, 2.05) is 6.08 Å². The van der Waals surface area contributed by atoms with Crippen molar-refractivity contribution in [2.24, 2.45) is 0 Å². The molecule has 1 amide bonds. The topological polar surface area (TPSA) is 69.6 Å². The van der Waals surface area contributed by atoms with Gasteiger partial charge in [-0.3, -0.25) is 4.79 Å². The molecule has 4 heteroatoms. The summed E-state index contributed by atoms with van der Waals surface area (Å²) in [5.41, 5.74) is 0. The van der Waals surface area contributed by atoms with Crippen LogP contribution in [0.3, 0.4) is 0 Å². The van der Waals surface area contributed by atoms with Crippen molar-refractivity contribution >= 4 is 5.91 Å². The van der Waals surface area contributed by atoms with Crippen LogP contribution in [0.25, 0.3) is 0 Å². The van der Waals surface area contributed by atoms with Gasteiger partial charge >= 0.3 is 0 Å². The summed E-state index contributed by atoms with van der Waals surface area (Å²) in [5, 5.41) is 23.0. The van der Waals surface area contributed by atoms with Gasteiger partial charge in [-0.15, -0.1) is 0 Å². The maximum absolute atomic E-state index is 12.3. The second kappa shape index (κ2) is 44.0. The zero-order chi connectivity index (χ0) is 37.8. The van der Waals surface area contributed by atoms with Crippen LogP contribution in [-0.2, 0) is 4.79 Å². The van der Waals surface area contributed by atoms with Gasteiger partial charge in [0.1, 0.15) is 0 Å². The molecule has 0 fully saturated rings. The minimum atomic E-state index is -0.864. The Balaban J connectivity index is 3.54. The summed E-state index contributed by atoms with van der Waals surface area (Å²) in [4.78, 5) is 12.3. The molecule has 2 atom stereocenters. The first-order chi connectivity index (χ1) is 25.7. The second-order valence-electron chi connectivity index (χ2n) is 15.8. The predicted molar refractivity (Wildman–Crippen MR) is 230 cm³/mol. The fraction of sp³-hybridized carbons (Fsp3) is 0.854. The Hall–Kier alpha value is -1.39. The van der Waals surface area contributed by atoms with E-state index in [0.717, 1.165) is 44.9 Å². The van der Waals surface area contributed by atoms with Crippen molar-refractivity contribution in [3.8, 4) is 0 Å². The number of hydrogen-bond donors (Lipinski definition) is 3. The van der Waals surface area contributed by atoms with Crippen LogP contribution in [0.15, 0.2) is 36.5 Å². The second-order valence-corrected chi connectivity index (χ2v) is 15.8. The first-order valence-corrected chi connectivity index (χ1v) is 23.2. The molecule has 0 aromatic heterocycles. The third kappa shape index (κ3) is 39.8. The van der Waals surface area contributed by atoms with E-state index in [9.17, 15) is 15.0 Å². The van der Waals surface area contributed by atoms with Crippen LogP contribution >= 0.6 is 0 Å². The van der Waals surface area contributed by atoms with Gasteiger partial charge in [0.15, 0.2) is 0 Å². The number of unbranched alkanes of at least 4 members (excludes halogenated alkanes) is 31. The highest BCUT2D eigenvalue weighted by molar-refractivity contribution is 5.76. The van der Waals surface area contributed by atoms with Crippen molar-refractivity contribution < 1.29 is 15.0 Å². The molecule has 0 aliphatic rings. The number of rotatable bonds is 42. The lowest BCUT2D eigenvalue weighted by molar-refractivity contribution is -0.123. The zero-order valence-electron chi connectivity index (χ0n) is 35.1. The van der Waals surface area contributed by atoms with Crippen molar-refractivity contribution in [1.82, 2.24) is 5.32 Å². The number of aliphatic hydroxyl groups is 2. The molecule has 0 bridgehead atoms. The molecule has 52 heavy (non-hydrogen) atoms. The van der Waals surface area contributed by atoms with Crippen LogP contribution in [-0.4, -0.2) is 34.9 Å². The summed E-state index contributed by atoms with van der Waals surface area (Å²) in [6.45, 7) is 4.29. The van der Waals surface area contributed by atoms with E-state index in [4.69, 9.17) is 0 Å². The van der Waals surface area contributed by atoms with E-state index in [0.29, 0.717) is 6.42 Å². The minimum absolute atomic E-state index is 0.0827. The highest BCUT2D eigenvalue weighted by Crippen LogP contribution is 2.16. The van der Waals surface area contributed by atoms with Crippen LogP contribution in [0.1, 0.15) is 245 Å². The average molecular weight is 730 g/mol. The SMILES string of the molecule is CCCCCC/C=C\CCCCCCCC(=O)NC(CO)C(O)/C=C/CC/C=C/CCCCCCCCCCCCCCCCCCCCCCC. The van der Waals surface area contributed by atoms with E-state index in [1.165, 1.54) is 180 Å². The monoisotopic (exact) mass is 730 g/mol. The van der Waals surface area contributed by atoms with Gasteiger partial charge in [0.2, 0.25) is 5.91 Å². The number of carbonyl (C=O) groups excluding carboxylic acids is 1. The molecule has 0 aromatic carbocycles. The Bertz CT molecular complexity index is 790. The van der Waals surface area contributed by atoms with E-state index in [2.05, 4.69) is 43.5 Å². The third-order valence-electron chi connectivity index (χ3n) is 10.6. The normalized spacial score (nSPS) is 13.2. The number of nitrogens with one attached hydrogen (secondary N) is 1. The standard InChI is InChI=1S/C48H91NO3/c1-3-5-7-9-11-13-15-17-18-19-20-21-22-23-24-25-26-27-28-29-30-32-33-35-37-39-41-43-47(51)46(45-50)49-48(52)44-42-40-38-36-34-31-16-14-12-10-8-6-4-2/h14,16,33,35,41,43,46-47,50-51H,3-13,15,17-32,34,36-40,42,44-45H2,1-2H3,(H,49,52)/b16-14-,35-33+,43-41+. The van der Waals surface area contributed by atoms with Gasteiger partial charge in [-0.25, -0.2) is 0 Å². The molecule has 306 valence electrons. The van der Waals surface area contributed by atoms with Crippen LogP contribution in [0.4, 0.5) is 0 Å². The Kier molecular flexibility index (Phi) is 42.8. The molecule has 4 nitrogen and oxygen atoms in total. The van der Waals surface area contributed by atoms with Crippen molar-refractivity contribution in [3.05, 3.63) is 36.5 Å². The highest BCUT2D eigenvalue weighted by atomic mass is 16.3. The molecule has 0 aliphatic carbocycles. The maximum atomic E-state index is 12.3. The summed E-state index contributed by atoms with van der Waals surface area (Å²) in [6.07, 6.45) is 58.5. The predicted octanol–water partition coefficient (Wildman–Crippen LogP) is 14.6. The first kappa shape index (κ1) is 50.6. The summed E-state index contributed by atoms with van der Waals surface area (Å²) in [7, 11) is 0. The summed E-state index contributed by atoms with van der Waals surface area (Å²) in [6, 6.07) is -0.642. The van der Waals surface area contributed by atoms with E-state index in [-0.39, 0.29) is 12.5 Å². The summed E-state index contributed by atoms with van der Waals surface area (Å²) < 4.78 is 0. The van der Waals surface area contributed by atoms with Gasteiger partial charge in [-0.2, -0.15) is 0 Å². The minimum Gasteiger partial charge on any atom is -0.394 e. The Morgan fingerprint density at radius 3 is 1.13 bits per heavy atom. The molecule has 3 N–H and O–H groups in total. The molecule has 0 aromatic rings. The lowest BCUT2D eigenvalue weighted by atomic mass is 10.0. The van der Waals surface area contributed by atoms with Gasteiger partial charge in [0.25, 0.3) is 0 Å². The summed E-state index contributed by atoms with van der Waals surface area (Å²) in [5.74, 6) is -0.0827. The molecule has 0 aliphatic heterocycles. The van der Waals surface area contributed by atoms with Gasteiger partial charge in [-0.1, -0.05) is 217 Å². The molecule has 0 saturated heterocycles. The van der Waals surface area contributed by atoms with E-state index < -0.39 is 12.1 Å². The third-order valence-corrected chi connectivity index (χ3v) is 10.6. The van der Waals surface area contributed by atoms with Gasteiger partial charge in [0, 0.05) is 6.42 Å². The van der Waals surface area contributed by atoms with Crippen LogP contribution in [0.5, 0.6) is 0 Å². The lowest BCUT2D eigenvalue weighted by Gasteiger charge is -2.19. The van der Waals surface area contributed by atoms with Crippen LogP contribution in [0.2, 0.25) is 0 Å². The Labute approximate surface area is 325 Å². The number of allylic oxidation sites excluding steroid dienone is 5. The number of hydrogen-bond acceptors (Lipinski definition) is 3. The number of amides is 1. The maximum Gasteiger partial charge on any atom is 0.220 e. The van der Waals surface area contributed by atoms with E-state index >= 15 is 0 Å².